The molecule has 0 N–H and O–H groups in total. The molecule has 0 aliphatic carbocycles. The van der Waals surface area contributed by atoms with E-state index in [0.29, 0.717) is 17.1 Å². The summed E-state index contributed by atoms with van der Waals surface area (Å²) in [6.45, 7) is 0.895. The highest BCUT2D eigenvalue weighted by Gasteiger charge is 2.13. The molecule has 0 saturated heterocycles. The summed E-state index contributed by atoms with van der Waals surface area (Å²) in [6.07, 6.45) is 0.783. The summed E-state index contributed by atoms with van der Waals surface area (Å²) in [5.41, 5.74) is 3.68. The van der Waals surface area contributed by atoms with E-state index in [1.54, 1.807) is 7.11 Å². The zero-order chi connectivity index (χ0) is 16.1. The molecule has 0 atom stereocenters. The van der Waals surface area contributed by atoms with Crippen LogP contribution in [-0.2, 0) is 6.54 Å². The van der Waals surface area contributed by atoms with E-state index in [-0.39, 0.29) is 0 Å². The van der Waals surface area contributed by atoms with Gasteiger partial charge in [-0.1, -0.05) is 24.3 Å². The molecule has 0 heterocycles. The van der Waals surface area contributed by atoms with Gasteiger partial charge in [-0.2, -0.15) is 0 Å². The van der Waals surface area contributed by atoms with Crippen LogP contribution < -0.4 is 9.47 Å². The van der Waals surface area contributed by atoms with Crippen molar-refractivity contribution in [3.63, 3.8) is 0 Å². The number of rotatable bonds is 6. The second-order valence-corrected chi connectivity index (χ2v) is 5.35. The van der Waals surface area contributed by atoms with Crippen LogP contribution in [0.15, 0.2) is 36.4 Å². The third kappa shape index (κ3) is 3.46. The first-order chi connectivity index (χ1) is 10.6. The fourth-order valence-corrected chi connectivity index (χ4v) is 2.42. The van der Waals surface area contributed by atoms with Crippen LogP contribution in [-0.4, -0.2) is 39.5 Å². The summed E-state index contributed by atoms with van der Waals surface area (Å²) in [4.78, 5) is 13.4. The monoisotopic (exact) mass is 299 g/mol. The zero-order valence-electron chi connectivity index (χ0n) is 13.4. The van der Waals surface area contributed by atoms with Gasteiger partial charge in [-0.15, -0.1) is 0 Å². The first-order valence-corrected chi connectivity index (χ1v) is 7.04. The average Bonchev–Trinajstić information content (AvgIpc) is 2.53. The van der Waals surface area contributed by atoms with Gasteiger partial charge in [0.15, 0.2) is 17.8 Å². The number of aldehydes is 1. The van der Waals surface area contributed by atoms with E-state index in [4.69, 9.17) is 9.47 Å². The minimum Gasteiger partial charge on any atom is -0.493 e. The van der Waals surface area contributed by atoms with Crippen LogP contribution in [0.25, 0.3) is 11.1 Å². The van der Waals surface area contributed by atoms with Crippen LogP contribution in [0.3, 0.4) is 0 Å². The second-order valence-electron chi connectivity index (χ2n) is 5.35. The Labute approximate surface area is 131 Å². The molecule has 4 heteroatoms. The second kappa shape index (κ2) is 7.09. The van der Waals surface area contributed by atoms with Crippen molar-refractivity contribution in [3.8, 4) is 22.6 Å². The molecule has 0 fully saturated rings. The summed E-state index contributed by atoms with van der Waals surface area (Å²) < 4.78 is 10.6. The van der Waals surface area contributed by atoms with Crippen LogP contribution in [0.5, 0.6) is 11.5 Å². The van der Waals surface area contributed by atoms with Crippen LogP contribution in [0.4, 0.5) is 0 Å². The van der Waals surface area contributed by atoms with Gasteiger partial charge >= 0.3 is 0 Å². The zero-order valence-corrected chi connectivity index (χ0v) is 13.4. The van der Waals surface area contributed by atoms with Crippen molar-refractivity contribution in [3.05, 3.63) is 47.5 Å². The van der Waals surface area contributed by atoms with E-state index in [9.17, 15) is 4.79 Å². The third-order valence-electron chi connectivity index (χ3n) is 3.42. The number of nitrogens with zero attached hydrogens (tertiary/aromatic N) is 1. The van der Waals surface area contributed by atoms with Crippen LogP contribution in [0.1, 0.15) is 15.9 Å². The van der Waals surface area contributed by atoms with E-state index in [2.05, 4.69) is 29.2 Å². The number of hydrogen-bond acceptors (Lipinski definition) is 4. The predicted molar refractivity (Wildman–Crippen MR) is 87.8 cm³/mol. The molecule has 0 spiro atoms. The van der Waals surface area contributed by atoms with Crippen LogP contribution in [0.2, 0.25) is 0 Å². The molecule has 0 amide bonds. The lowest BCUT2D eigenvalue weighted by Gasteiger charge is -2.13. The molecule has 2 rings (SSSR count). The largest absolute Gasteiger partial charge is 0.493 e. The van der Waals surface area contributed by atoms with Gasteiger partial charge in [0, 0.05) is 6.54 Å². The maximum absolute atomic E-state index is 11.3. The van der Waals surface area contributed by atoms with Gasteiger partial charge in [0.05, 0.1) is 19.8 Å². The Hall–Kier alpha value is -2.33. The normalized spacial score (nSPS) is 10.6. The van der Waals surface area contributed by atoms with Crippen molar-refractivity contribution in [2.24, 2.45) is 0 Å². The minimum atomic E-state index is 0.463. The lowest BCUT2D eigenvalue weighted by atomic mass is 10.0. The summed E-state index contributed by atoms with van der Waals surface area (Å²) in [6, 6.07) is 12.0. The molecule has 4 nitrogen and oxygen atoms in total. The predicted octanol–water partition coefficient (Wildman–Crippen LogP) is 3.24. The highest BCUT2D eigenvalue weighted by Crippen LogP contribution is 2.35. The van der Waals surface area contributed by atoms with Crippen molar-refractivity contribution in [1.29, 1.82) is 0 Å². The SMILES string of the molecule is COc1cc(-c2ccc(CN(C)C)cc2)cc(C=O)c1OC. The average molecular weight is 299 g/mol. The fourth-order valence-electron chi connectivity index (χ4n) is 2.42. The van der Waals surface area contributed by atoms with Gasteiger partial charge in [-0.3, -0.25) is 4.79 Å². The lowest BCUT2D eigenvalue weighted by molar-refractivity contribution is 0.112. The Morgan fingerprint density at radius 1 is 1.00 bits per heavy atom. The molecule has 0 saturated carbocycles. The van der Waals surface area contributed by atoms with Crippen molar-refractivity contribution < 1.29 is 14.3 Å². The van der Waals surface area contributed by atoms with Crippen molar-refractivity contribution in [1.82, 2.24) is 4.90 Å². The third-order valence-corrected chi connectivity index (χ3v) is 3.42. The first kappa shape index (κ1) is 16.0. The Kier molecular flexibility index (Phi) is 5.17. The maximum Gasteiger partial charge on any atom is 0.171 e. The van der Waals surface area contributed by atoms with Gasteiger partial charge in [0.25, 0.3) is 0 Å². The lowest BCUT2D eigenvalue weighted by Crippen LogP contribution is -2.10. The molecule has 22 heavy (non-hydrogen) atoms. The molecule has 0 radical (unpaired) electrons. The number of ether oxygens (including phenoxy) is 2. The molecule has 0 aromatic heterocycles. The Morgan fingerprint density at radius 2 is 1.68 bits per heavy atom. The van der Waals surface area contributed by atoms with E-state index in [1.165, 1.54) is 12.7 Å². The van der Waals surface area contributed by atoms with Gasteiger partial charge in [-0.05, 0) is 42.9 Å². The molecule has 0 bridgehead atoms. The van der Waals surface area contributed by atoms with E-state index < -0.39 is 0 Å². The van der Waals surface area contributed by atoms with Crippen molar-refractivity contribution >= 4 is 6.29 Å². The number of benzene rings is 2. The van der Waals surface area contributed by atoms with Crippen LogP contribution >= 0.6 is 0 Å². The highest BCUT2D eigenvalue weighted by atomic mass is 16.5. The molecule has 0 unspecified atom stereocenters. The molecular formula is C18H21NO3. The quantitative estimate of drug-likeness (QED) is 0.768. The maximum atomic E-state index is 11.3. The van der Waals surface area contributed by atoms with Gasteiger partial charge < -0.3 is 14.4 Å². The molecule has 2 aromatic rings. The number of methoxy groups -OCH3 is 2. The number of hydrogen-bond donors (Lipinski definition) is 0. The standard InChI is InChI=1S/C18H21NO3/c1-19(2)11-13-5-7-14(8-6-13)15-9-16(12-20)18(22-4)17(10-15)21-3/h5-10,12H,11H2,1-4H3. The number of carbonyl (C=O) groups is 1. The van der Waals surface area contributed by atoms with E-state index in [1.807, 2.05) is 26.2 Å². The summed E-state index contributed by atoms with van der Waals surface area (Å²) in [5, 5.41) is 0. The minimum absolute atomic E-state index is 0.463. The smallest absolute Gasteiger partial charge is 0.171 e. The van der Waals surface area contributed by atoms with Crippen molar-refractivity contribution in [2.75, 3.05) is 28.3 Å². The highest BCUT2D eigenvalue weighted by molar-refractivity contribution is 5.85. The number of carbonyl (C=O) groups excluding carboxylic acids is 1. The summed E-state index contributed by atoms with van der Waals surface area (Å²) in [7, 11) is 7.17. The van der Waals surface area contributed by atoms with E-state index >= 15 is 0 Å². The Morgan fingerprint density at radius 3 is 2.18 bits per heavy atom. The molecule has 116 valence electrons. The van der Waals surface area contributed by atoms with Gasteiger partial charge in [0.2, 0.25) is 0 Å². The summed E-state index contributed by atoms with van der Waals surface area (Å²) >= 11 is 0. The van der Waals surface area contributed by atoms with Crippen LogP contribution in [0, 0.1) is 0 Å². The topological polar surface area (TPSA) is 38.8 Å². The fraction of sp³-hybridized carbons (Fsp3) is 0.278. The molecule has 0 aliphatic rings. The van der Waals surface area contributed by atoms with Gasteiger partial charge in [0.1, 0.15) is 0 Å². The Balaban J connectivity index is 2.41. The molecule has 0 aliphatic heterocycles. The first-order valence-electron chi connectivity index (χ1n) is 7.04. The summed E-state index contributed by atoms with van der Waals surface area (Å²) in [5.74, 6) is 1.02. The Bertz CT molecular complexity index is 648. The molecule has 2 aromatic carbocycles. The molecular weight excluding hydrogens is 278 g/mol. The van der Waals surface area contributed by atoms with Crippen molar-refractivity contribution in [2.45, 2.75) is 6.54 Å². The van der Waals surface area contributed by atoms with E-state index in [0.717, 1.165) is 24.0 Å². The van der Waals surface area contributed by atoms with Gasteiger partial charge in [-0.25, -0.2) is 0 Å².